The standard InChI is InChI=1S/C12H6Cl6/c13-6-1-2-9(14)7(3-6)8-4-11(16)12(17,18)5-10(8)15/h1-5,8H. The lowest BCUT2D eigenvalue weighted by Crippen LogP contribution is -2.16. The summed E-state index contributed by atoms with van der Waals surface area (Å²) in [5.74, 6) is -0.295. The van der Waals surface area contributed by atoms with Crippen LogP contribution in [0.5, 0.6) is 0 Å². The third kappa shape index (κ3) is 2.95. The minimum absolute atomic E-state index is 0.288. The Morgan fingerprint density at radius 1 is 1.00 bits per heavy atom. The molecule has 1 aliphatic rings. The van der Waals surface area contributed by atoms with E-state index in [9.17, 15) is 0 Å². The molecule has 1 unspecified atom stereocenters. The fourth-order valence-electron chi connectivity index (χ4n) is 1.66. The predicted octanol–water partition coefficient (Wildman–Crippen LogP) is 6.51. The van der Waals surface area contributed by atoms with Crippen LogP contribution in [-0.2, 0) is 0 Å². The first kappa shape index (κ1) is 14.8. The Balaban J connectivity index is 2.50. The van der Waals surface area contributed by atoms with Crippen molar-refractivity contribution in [2.45, 2.75) is 10.3 Å². The highest BCUT2D eigenvalue weighted by molar-refractivity contribution is 6.58. The van der Waals surface area contributed by atoms with Crippen LogP contribution in [0.15, 0.2) is 40.4 Å². The van der Waals surface area contributed by atoms with Crippen molar-refractivity contribution in [3.05, 3.63) is 56.0 Å². The van der Waals surface area contributed by atoms with Crippen molar-refractivity contribution in [3.8, 4) is 0 Å². The van der Waals surface area contributed by atoms with Crippen molar-refractivity contribution in [1.82, 2.24) is 0 Å². The molecule has 0 fully saturated rings. The Labute approximate surface area is 135 Å². The van der Waals surface area contributed by atoms with Crippen LogP contribution in [0.4, 0.5) is 0 Å². The highest BCUT2D eigenvalue weighted by atomic mass is 35.5. The average molecular weight is 363 g/mol. The van der Waals surface area contributed by atoms with E-state index in [2.05, 4.69) is 0 Å². The molecule has 96 valence electrons. The van der Waals surface area contributed by atoms with Gasteiger partial charge >= 0.3 is 0 Å². The second-order valence-electron chi connectivity index (χ2n) is 3.81. The minimum Gasteiger partial charge on any atom is -0.0906 e. The van der Waals surface area contributed by atoms with Crippen LogP contribution in [0.25, 0.3) is 0 Å². The van der Waals surface area contributed by atoms with E-state index in [0.717, 1.165) is 5.56 Å². The van der Waals surface area contributed by atoms with Gasteiger partial charge in [0.2, 0.25) is 0 Å². The summed E-state index contributed by atoms with van der Waals surface area (Å²) in [4.78, 5) is 0. The van der Waals surface area contributed by atoms with Gasteiger partial charge in [0.05, 0.1) is 5.03 Å². The molecule has 0 saturated heterocycles. The zero-order valence-electron chi connectivity index (χ0n) is 8.73. The van der Waals surface area contributed by atoms with Gasteiger partial charge in [0, 0.05) is 21.0 Å². The zero-order valence-corrected chi connectivity index (χ0v) is 13.3. The summed E-state index contributed by atoms with van der Waals surface area (Å²) in [6.07, 6.45) is 3.16. The molecule has 0 aromatic heterocycles. The van der Waals surface area contributed by atoms with Crippen molar-refractivity contribution >= 4 is 69.6 Å². The van der Waals surface area contributed by atoms with Gasteiger partial charge < -0.3 is 0 Å². The molecule has 1 aromatic carbocycles. The van der Waals surface area contributed by atoms with Crippen LogP contribution in [0.1, 0.15) is 11.5 Å². The summed E-state index contributed by atoms with van der Waals surface area (Å²) < 4.78 is -1.29. The summed E-state index contributed by atoms with van der Waals surface area (Å²) >= 11 is 36.3. The molecule has 2 rings (SSSR count). The first-order chi connectivity index (χ1) is 8.31. The number of allylic oxidation sites excluding steroid dienone is 4. The Hall–Kier alpha value is 0.440. The first-order valence-electron chi connectivity index (χ1n) is 4.90. The van der Waals surface area contributed by atoms with Crippen molar-refractivity contribution in [1.29, 1.82) is 0 Å². The number of halogens is 6. The fourth-order valence-corrected chi connectivity index (χ4v) is 3.07. The van der Waals surface area contributed by atoms with Gasteiger partial charge in [0.1, 0.15) is 0 Å². The molecule has 1 atom stereocenters. The van der Waals surface area contributed by atoms with Gasteiger partial charge in [-0.15, -0.1) is 0 Å². The molecular weight excluding hydrogens is 357 g/mol. The van der Waals surface area contributed by atoms with Crippen LogP contribution >= 0.6 is 69.6 Å². The van der Waals surface area contributed by atoms with E-state index in [4.69, 9.17) is 69.6 Å². The van der Waals surface area contributed by atoms with E-state index in [-0.39, 0.29) is 11.0 Å². The monoisotopic (exact) mass is 360 g/mol. The lowest BCUT2D eigenvalue weighted by molar-refractivity contribution is 0.984. The summed E-state index contributed by atoms with van der Waals surface area (Å²) in [6.45, 7) is 0. The van der Waals surface area contributed by atoms with Gasteiger partial charge in [0.25, 0.3) is 0 Å². The molecule has 1 aliphatic carbocycles. The number of alkyl halides is 2. The Morgan fingerprint density at radius 2 is 1.67 bits per heavy atom. The lowest BCUT2D eigenvalue weighted by Gasteiger charge is -2.25. The molecule has 0 N–H and O–H groups in total. The Morgan fingerprint density at radius 3 is 2.33 bits per heavy atom. The Bertz CT molecular complexity index is 543. The van der Waals surface area contributed by atoms with E-state index in [1.807, 2.05) is 0 Å². The van der Waals surface area contributed by atoms with Crippen molar-refractivity contribution in [2.24, 2.45) is 0 Å². The second-order valence-corrected chi connectivity index (χ2v) is 6.88. The normalized spacial score (nSPS) is 22.4. The molecule has 0 saturated carbocycles. The van der Waals surface area contributed by atoms with Crippen LogP contribution in [0.3, 0.4) is 0 Å². The highest BCUT2D eigenvalue weighted by Gasteiger charge is 2.33. The van der Waals surface area contributed by atoms with Gasteiger partial charge in [-0.05, 0) is 29.8 Å². The van der Waals surface area contributed by atoms with E-state index < -0.39 is 4.33 Å². The molecule has 6 heteroatoms. The number of benzene rings is 1. The number of rotatable bonds is 1. The molecule has 0 nitrogen and oxygen atoms in total. The smallest absolute Gasteiger partial charge is 0.0906 e. The summed E-state index contributed by atoms with van der Waals surface area (Å²) in [6, 6.07) is 5.14. The SMILES string of the molecule is ClC1=CC(Cl)(Cl)C(Cl)=CC1c1cc(Cl)ccc1Cl. The highest BCUT2D eigenvalue weighted by Crippen LogP contribution is 2.46. The molecule has 0 amide bonds. The van der Waals surface area contributed by atoms with Crippen LogP contribution < -0.4 is 0 Å². The fraction of sp³-hybridized carbons (Fsp3) is 0.167. The molecule has 18 heavy (non-hydrogen) atoms. The maximum Gasteiger partial charge on any atom is 0.172 e. The molecule has 0 bridgehead atoms. The molecule has 0 heterocycles. The minimum atomic E-state index is -1.29. The maximum absolute atomic E-state index is 6.18. The quantitative estimate of drug-likeness (QED) is 0.499. The third-order valence-corrected chi connectivity index (χ3v) is 4.71. The summed E-state index contributed by atoms with van der Waals surface area (Å²) in [7, 11) is 0. The van der Waals surface area contributed by atoms with Crippen molar-refractivity contribution < 1.29 is 0 Å². The second kappa shape index (κ2) is 5.44. The molecular formula is C12H6Cl6. The number of hydrogen-bond acceptors (Lipinski definition) is 0. The lowest BCUT2D eigenvalue weighted by atomic mass is 9.94. The van der Waals surface area contributed by atoms with E-state index >= 15 is 0 Å². The van der Waals surface area contributed by atoms with Gasteiger partial charge in [-0.1, -0.05) is 75.7 Å². The molecule has 0 radical (unpaired) electrons. The van der Waals surface area contributed by atoms with E-state index in [1.54, 1.807) is 24.3 Å². The average Bonchev–Trinajstić information content (AvgIpc) is 2.27. The predicted molar refractivity (Wildman–Crippen MR) is 81.5 cm³/mol. The molecule has 0 aliphatic heterocycles. The van der Waals surface area contributed by atoms with Crippen LogP contribution in [0.2, 0.25) is 10.0 Å². The zero-order chi connectivity index (χ0) is 13.5. The topological polar surface area (TPSA) is 0 Å². The van der Waals surface area contributed by atoms with Gasteiger partial charge in [-0.25, -0.2) is 0 Å². The van der Waals surface area contributed by atoms with Gasteiger partial charge in [-0.2, -0.15) is 0 Å². The summed E-state index contributed by atoms with van der Waals surface area (Å²) in [5.41, 5.74) is 0.757. The largest absolute Gasteiger partial charge is 0.172 e. The first-order valence-corrected chi connectivity index (χ1v) is 7.17. The molecule has 0 spiro atoms. The Kier molecular flexibility index (Phi) is 4.48. The third-order valence-electron chi connectivity index (χ3n) is 2.54. The van der Waals surface area contributed by atoms with Gasteiger partial charge in [0.15, 0.2) is 4.33 Å². The molecule has 1 aromatic rings. The van der Waals surface area contributed by atoms with E-state index in [0.29, 0.717) is 15.1 Å². The van der Waals surface area contributed by atoms with Gasteiger partial charge in [-0.3, -0.25) is 0 Å². The number of hydrogen-bond donors (Lipinski definition) is 0. The van der Waals surface area contributed by atoms with Crippen molar-refractivity contribution in [2.75, 3.05) is 0 Å². The van der Waals surface area contributed by atoms with E-state index in [1.165, 1.54) is 6.08 Å². The van der Waals surface area contributed by atoms with Crippen LogP contribution in [0, 0.1) is 0 Å². The summed E-state index contributed by atoms with van der Waals surface area (Å²) in [5, 5.41) is 1.86. The van der Waals surface area contributed by atoms with Crippen LogP contribution in [-0.4, -0.2) is 4.33 Å². The maximum atomic E-state index is 6.18. The van der Waals surface area contributed by atoms with Crippen molar-refractivity contribution in [3.63, 3.8) is 0 Å².